The van der Waals surface area contributed by atoms with Gasteiger partial charge in [0, 0.05) is 37.0 Å². The first-order valence-corrected chi connectivity index (χ1v) is 10.3. The Hall–Kier alpha value is -4.06. The third-order valence-electron chi connectivity index (χ3n) is 5.25. The normalized spacial score (nSPS) is 10.6. The lowest BCUT2D eigenvalue weighted by atomic mass is 10.1. The number of carbonyl (C=O) groups excluding carboxylic acids is 1. The number of hydrogen-bond acceptors (Lipinski definition) is 4. The maximum atomic E-state index is 13.2. The van der Waals surface area contributed by atoms with Crippen LogP contribution in [-0.4, -0.2) is 41.9 Å². The maximum absolute atomic E-state index is 13.2. The predicted octanol–water partition coefficient (Wildman–Crippen LogP) is 4.83. The van der Waals surface area contributed by atoms with Crippen LogP contribution >= 0.6 is 0 Å². The van der Waals surface area contributed by atoms with Gasteiger partial charge in [-0.2, -0.15) is 5.10 Å². The summed E-state index contributed by atoms with van der Waals surface area (Å²) in [6.07, 6.45) is 1.98. The van der Waals surface area contributed by atoms with Gasteiger partial charge in [-0.3, -0.25) is 4.79 Å². The summed E-state index contributed by atoms with van der Waals surface area (Å²) in [6, 6.07) is 25.1. The molecule has 3 aromatic carbocycles. The molecule has 4 aromatic rings. The minimum Gasteiger partial charge on any atom is -0.497 e. The lowest BCUT2D eigenvalue weighted by molar-refractivity contribution is 0.0782. The second kappa shape index (κ2) is 9.39. The molecule has 0 saturated heterocycles. The monoisotopic (exact) mass is 427 g/mol. The molecule has 1 heterocycles. The Morgan fingerprint density at radius 3 is 2.28 bits per heavy atom. The first kappa shape index (κ1) is 21.2. The number of ether oxygens (including phenoxy) is 2. The average molecular weight is 428 g/mol. The third kappa shape index (κ3) is 4.34. The highest BCUT2D eigenvalue weighted by Gasteiger charge is 2.20. The van der Waals surface area contributed by atoms with Crippen LogP contribution in [0.5, 0.6) is 11.5 Å². The predicted molar refractivity (Wildman–Crippen MR) is 124 cm³/mol. The van der Waals surface area contributed by atoms with Crippen LogP contribution in [0.1, 0.15) is 15.9 Å². The van der Waals surface area contributed by atoms with Gasteiger partial charge >= 0.3 is 0 Å². The molecular formula is C26H25N3O3. The highest BCUT2D eigenvalue weighted by molar-refractivity contribution is 5.97. The van der Waals surface area contributed by atoms with Crippen LogP contribution in [0, 0.1) is 0 Å². The van der Waals surface area contributed by atoms with Crippen molar-refractivity contribution in [3.63, 3.8) is 0 Å². The largest absolute Gasteiger partial charge is 0.497 e. The van der Waals surface area contributed by atoms with Crippen molar-refractivity contribution in [1.82, 2.24) is 14.7 Å². The number of carbonyl (C=O) groups is 1. The Morgan fingerprint density at radius 2 is 1.62 bits per heavy atom. The van der Waals surface area contributed by atoms with Crippen molar-refractivity contribution in [2.45, 2.75) is 6.54 Å². The topological polar surface area (TPSA) is 56.6 Å². The Kier molecular flexibility index (Phi) is 6.22. The smallest absolute Gasteiger partial charge is 0.257 e. The number of nitrogens with zero attached hydrogens (tertiary/aromatic N) is 3. The van der Waals surface area contributed by atoms with Crippen molar-refractivity contribution < 1.29 is 14.3 Å². The van der Waals surface area contributed by atoms with Gasteiger partial charge in [-0.25, -0.2) is 4.68 Å². The van der Waals surface area contributed by atoms with Gasteiger partial charge in [-0.05, 0) is 24.3 Å². The molecule has 0 radical (unpaired) electrons. The molecule has 162 valence electrons. The second-order valence-electron chi connectivity index (χ2n) is 7.38. The van der Waals surface area contributed by atoms with Crippen LogP contribution in [-0.2, 0) is 6.54 Å². The Bertz CT molecular complexity index is 1200. The highest BCUT2D eigenvalue weighted by Crippen LogP contribution is 2.28. The third-order valence-corrected chi connectivity index (χ3v) is 5.25. The van der Waals surface area contributed by atoms with E-state index < -0.39 is 0 Å². The fourth-order valence-corrected chi connectivity index (χ4v) is 3.59. The van der Waals surface area contributed by atoms with Crippen LogP contribution in [0.2, 0.25) is 0 Å². The summed E-state index contributed by atoms with van der Waals surface area (Å²) in [5.74, 6) is 0.969. The lowest BCUT2D eigenvalue weighted by Gasteiger charge is -2.19. The fourth-order valence-electron chi connectivity index (χ4n) is 3.59. The van der Waals surface area contributed by atoms with E-state index in [1.54, 1.807) is 44.4 Å². The summed E-state index contributed by atoms with van der Waals surface area (Å²) in [4.78, 5) is 14.9. The van der Waals surface area contributed by atoms with Gasteiger partial charge in [0.2, 0.25) is 0 Å². The first-order valence-electron chi connectivity index (χ1n) is 10.3. The van der Waals surface area contributed by atoms with E-state index in [-0.39, 0.29) is 5.91 Å². The van der Waals surface area contributed by atoms with Crippen LogP contribution < -0.4 is 9.47 Å². The van der Waals surface area contributed by atoms with Gasteiger partial charge in [-0.1, -0.05) is 48.5 Å². The Labute approximate surface area is 187 Å². The van der Waals surface area contributed by atoms with Gasteiger partial charge in [-0.15, -0.1) is 0 Å². The van der Waals surface area contributed by atoms with Crippen molar-refractivity contribution >= 4 is 5.91 Å². The van der Waals surface area contributed by atoms with Crippen molar-refractivity contribution in [2.24, 2.45) is 0 Å². The molecular weight excluding hydrogens is 402 g/mol. The summed E-state index contributed by atoms with van der Waals surface area (Å²) in [6.45, 7) is 0.394. The number of para-hydroxylation sites is 1. The molecule has 0 aliphatic heterocycles. The summed E-state index contributed by atoms with van der Waals surface area (Å²) in [5.41, 5.74) is 4.23. The SMILES string of the molecule is COc1ccc(C(=O)N(C)Cc2cn(-c3ccccc3)nc2-c2ccccc2)c(OC)c1. The van der Waals surface area contributed by atoms with Crippen molar-refractivity contribution in [2.75, 3.05) is 21.3 Å². The first-order chi connectivity index (χ1) is 15.6. The molecule has 0 fully saturated rings. The van der Waals surface area contributed by atoms with E-state index in [2.05, 4.69) is 0 Å². The molecule has 0 spiro atoms. The molecule has 0 atom stereocenters. The average Bonchev–Trinajstić information content (AvgIpc) is 3.28. The van der Waals surface area contributed by atoms with E-state index in [1.165, 1.54) is 0 Å². The Morgan fingerprint density at radius 1 is 0.938 bits per heavy atom. The molecule has 0 unspecified atom stereocenters. The quantitative estimate of drug-likeness (QED) is 0.424. The fraction of sp³-hybridized carbons (Fsp3) is 0.154. The zero-order valence-corrected chi connectivity index (χ0v) is 18.4. The van der Waals surface area contributed by atoms with Crippen molar-refractivity contribution in [1.29, 1.82) is 0 Å². The maximum Gasteiger partial charge on any atom is 0.257 e. The van der Waals surface area contributed by atoms with E-state index in [1.807, 2.05) is 71.5 Å². The Balaban J connectivity index is 1.67. The van der Waals surface area contributed by atoms with E-state index >= 15 is 0 Å². The molecule has 6 nitrogen and oxygen atoms in total. The zero-order chi connectivity index (χ0) is 22.5. The standard InChI is InChI=1S/C26H25N3O3/c1-28(26(30)23-15-14-22(31-2)16-24(23)32-3)17-20-18-29(21-12-8-5-9-13-21)27-25(20)19-10-6-4-7-11-19/h4-16,18H,17H2,1-3H3. The number of aromatic nitrogens is 2. The summed E-state index contributed by atoms with van der Waals surface area (Å²) in [7, 11) is 4.90. The molecule has 32 heavy (non-hydrogen) atoms. The molecule has 0 aliphatic rings. The number of rotatable bonds is 7. The van der Waals surface area contributed by atoms with E-state index in [4.69, 9.17) is 14.6 Å². The summed E-state index contributed by atoms with van der Waals surface area (Å²) < 4.78 is 12.5. The molecule has 0 aliphatic carbocycles. The van der Waals surface area contributed by atoms with Gasteiger partial charge < -0.3 is 14.4 Å². The molecule has 0 saturated carbocycles. The molecule has 0 bridgehead atoms. The molecule has 0 N–H and O–H groups in total. The lowest BCUT2D eigenvalue weighted by Crippen LogP contribution is -2.26. The number of hydrogen-bond donors (Lipinski definition) is 0. The number of amides is 1. The molecule has 4 rings (SSSR count). The van der Waals surface area contributed by atoms with Gasteiger partial charge in [0.05, 0.1) is 31.2 Å². The summed E-state index contributed by atoms with van der Waals surface area (Å²) >= 11 is 0. The molecule has 6 heteroatoms. The van der Waals surface area contributed by atoms with Crippen LogP contribution in [0.3, 0.4) is 0 Å². The van der Waals surface area contributed by atoms with E-state index in [0.29, 0.717) is 23.6 Å². The summed E-state index contributed by atoms with van der Waals surface area (Å²) in [5, 5.41) is 4.83. The van der Waals surface area contributed by atoms with Crippen molar-refractivity contribution in [3.05, 3.63) is 96.2 Å². The minimum atomic E-state index is -0.143. The highest BCUT2D eigenvalue weighted by atomic mass is 16.5. The van der Waals surface area contributed by atoms with Crippen LogP contribution in [0.15, 0.2) is 85.1 Å². The molecule has 1 amide bonds. The zero-order valence-electron chi connectivity index (χ0n) is 18.4. The van der Waals surface area contributed by atoms with Gasteiger partial charge in [0.15, 0.2) is 0 Å². The van der Waals surface area contributed by atoms with E-state index in [0.717, 1.165) is 22.5 Å². The van der Waals surface area contributed by atoms with Crippen LogP contribution in [0.25, 0.3) is 16.9 Å². The van der Waals surface area contributed by atoms with Crippen LogP contribution in [0.4, 0.5) is 0 Å². The van der Waals surface area contributed by atoms with Crippen molar-refractivity contribution in [3.8, 4) is 28.4 Å². The van der Waals surface area contributed by atoms with E-state index in [9.17, 15) is 4.79 Å². The second-order valence-corrected chi connectivity index (χ2v) is 7.38. The number of methoxy groups -OCH3 is 2. The minimum absolute atomic E-state index is 0.143. The number of benzene rings is 3. The van der Waals surface area contributed by atoms with Gasteiger partial charge in [0.25, 0.3) is 5.91 Å². The molecule has 1 aromatic heterocycles. The van der Waals surface area contributed by atoms with Gasteiger partial charge in [0.1, 0.15) is 11.5 Å².